The van der Waals surface area contributed by atoms with Gasteiger partial charge in [0.25, 0.3) is 0 Å². The van der Waals surface area contributed by atoms with Crippen molar-refractivity contribution >= 4 is 29.4 Å². The highest BCUT2D eigenvalue weighted by molar-refractivity contribution is 5.92. The lowest BCUT2D eigenvalue weighted by atomic mass is 9.87. The standard InChI is InChI=1S/C23H21NO/c1-16-10-13-22(20-8-4-3-7-19(16)20)24-21-9-5-2-6-17(21)11-12-18-14-15-25-23(18)24/h2,5-6,9-15H,3-4,7-8H2,1H3. The monoisotopic (exact) mass is 327 g/mol. The summed E-state index contributed by atoms with van der Waals surface area (Å²) in [6, 6.07) is 15.1. The van der Waals surface area contributed by atoms with Gasteiger partial charge in [0, 0.05) is 5.56 Å². The summed E-state index contributed by atoms with van der Waals surface area (Å²) in [5.74, 6) is 0.915. The van der Waals surface area contributed by atoms with Crippen molar-refractivity contribution in [3.8, 4) is 0 Å². The first-order valence-corrected chi connectivity index (χ1v) is 9.09. The molecule has 0 fully saturated rings. The molecule has 1 aliphatic heterocycles. The van der Waals surface area contributed by atoms with E-state index in [0.29, 0.717) is 0 Å². The summed E-state index contributed by atoms with van der Waals surface area (Å²) in [6.45, 7) is 2.24. The molecule has 0 spiro atoms. The minimum Gasteiger partial charge on any atom is -0.447 e. The Kier molecular flexibility index (Phi) is 3.30. The third kappa shape index (κ3) is 2.25. The molecular formula is C23H21NO. The third-order valence-corrected chi connectivity index (χ3v) is 5.48. The molecule has 0 amide bonds. The third-order valence-electron chi connectivity index (χ3n) is 5.48. The van der Waals surface area contributed by atoms with Crippen molar-refractivity contribution in [1.29, 1.82) is 0 Å². The van der Waals surface area contributed by atoms with Crippen LogP contribution in [0.2, 0.25) is 0 Å². The van der Waals surface area contributed by atoms with Crippen molar-refractivity contribution < 1.29 is 4.42 Å². The van der Waals surface area contributed by atoms with Crippen molar-refractivity contribution in [2.45, 2.75) is 32.6 Å². The fourth-order valence-corrected chi connectivity index (χ4v) is 4.22. The van der Waals surface area contributed by atoms with Crippen LogP contribution in [-0.2, 0) is 12.8 Å². The van der Waals surface area contributed by atoms with Gasteiger partial charge in [0.15, 0.2) is 0 Å². The van der Waals surface area contributed by atoms with Crippen LogP contribution in [0.15, 0.2) is 53.1 Å². The Morgan fingerprint density at radius 2 is 1.60 bits per heavy atom. The molecule has 25 heavy (non-hydrogen) atoms. The van der Waals surface area contributed by atoms with E-state index in [1.165, 1.54) is 52.9 Å². The maximum absolute atomic E-state index is 5.96. The summed E-state index contributed by atoms with van der Waals surface area (Å²) in [5, 5.41) is 0. The summed E-state index contributed by atoms with van der Waals surface area (Å²) in [5.41, 5.74) is 9.24. The van der Waals surface area contributed by atoms with Crippen molar-refractivity contribution in [3.63, 3.8) is 0 Å². The Balaban J connectivity index is 1.80. The summed E-state index contributed by atoms with van der Waals surface area (Å²) < 4.78 is 5.96. The number of para-hydroxylation sites is 1. The molecule has 0 saturated heterocycles. The first kappa shape index (κ1) is 14.6. The van der Waals surface area contributed by atoms with Gasteiger partial charge < -0.3 is 4.42 Å². The van der Waals surface area contributed by atoms with E-state index in [4.69, 9.17) is 4.42 Å². The van der Waals surface area contributed by atoms with Gasteiger partial charge >= 0.3 is 0 Å². The second kappa shape index (κ2) is 5.66. The van der Waals surface area contributed by atoms with Gasteiger partial charge in [0.2, 0.25) is 5.88 Å². The second-order valence-electron chi connectivity index (χ2n) is 6.97. The first-order chi connectivity index (χ1) is 12.3. The lowest BCUT2D eigenvalue weighted by molar-refractivity contribution is 0.572. The highest BCUT2D eigenvalue weighted by Gasteiger charge is 2.26. The van der Waals surface area contributed by atoms with E-state index in [-0.39, 0.29) is 0 Å². The first-order valence-electron chi connectivity index (χ1n) is 9.09. The van der Waals surface area contributed by atoms with Crippen LogP contribution in [0.3, 0.4) is 0 Å². The predicted molar refractivity (Wildman–Crippen MR) is 104 cm³/mol. The molecule has 0 N–H and O–H groups in total. The number of fused-ring (bicyclic) bond motifs is 3. The van der Waals surface area contributed by atoms with Crippen LogP contribution in [0.25, 0.3) is 12.2 Å². The fraction of sp³-hybridized carbons (Fsp3) is 0.217. The summed E-state index contributed by atoms with van der Waals surface area (Å²) >= 11 is 0. The van der Waals surface area contributed by atoms with Gasteiger partial charge in [-0.05, 0) is 79.1 Å². The van der Waals surface area contributed by atoms with Gasteiger partial charge in [-0.25, -0.2) is 0 Å². The van der Waals surface area contributed by atoms with Gasteiger partial charge in [-0.2, -0.15) is 0 Å². The molecule has 124 valence electrons. The minimum atomic E-state index is 0.915. The number of aryl methyl sites for hydroxylation is 1. The highest BCUT2D eigenvalue weighted by atomic mass is 16.3. The van der Waals surface area contributed by atoms with E-state index in [9.17, 15) is 0 Å². The number of hydrogen-bond acceptors (Lipinski definition) is 2. The van der Waals surface area contributed by atoms with Crippen LogP contribution in [-0.4, -0.2) is 0 Å². The van der Waals surface area contributed by atoms with Crippen molar-refractivity contribution in [2.75, 3.05) is 4.90 Å². The number of rotatable bonds is 1. The summed E-state index contributed by atoms with van der Waals surface area (Å²) in [7, 11) is 0. The summed E-state index contributed by atoms with van der Waals surface area (Å²) in [4.78, 5) is 2.31. The van der Waals surface area contributed by atoms with Gasteiger partial charge in [-0.3, -0.25) is 4.90 Å². The van der Waals surface area contributed by atoms with Crippen LogP contribution in [0, 0.1) is 6.92 Å². The Labute approximate surface area is 148 Å². The van der Waals surface area contributed by atoms with E-state index in [1.807, 2.05) is 6.07 Å². The summed E-state index contributed by atoms with van der Waals surface area (Å²) in [6.07, 6.45) is 11.0. The fourth-order valence-electron chi connectivity index (χ4n) is 4.22. The zero-order valence-corrected chi connectivity index (χ0v) is 14.5. The molecule has 0 atom stereocenters. The second-order valence-corrected chi connectivity index (χ2v) is 6.97. The Bertz CT molecular complexity index is 980. The molecule has 2 aromatic carbocycles. The predicted octanol–water partition coefficient (Wildman–Crippen LogP) is 6.42. The van der Waals surface area contributed by atoms with Crippen molar-refractivity contribution in [3.05, 3.63) is 76.5 Å². The van der Waals surface area contributed by atoms with Crippen LogP contribution < -0.4 is 4.90 Å². The van der Waals surface area contributed by atoms with Crippen molar-refractivity contribution in [1.82, 2.24) is 0 Å². The normalized spacial score (nSPS) is 15.3. The molecule has 3 aromatic rings. The maximum atomic E-state index is 5.96. The Morgan fingerprint density at radius 3 is 2.52 bits per heavy atom. The van der Waals surface area contributed by atoms with E-state index < -0.39 is 0 Å². The number of anilines is 3. The molecular weight excluding hydrogens is 306 g/mol. The van der Waals surface area contributed by atoms with Gasteiger partial charge in [-0.15, -0.1) is 0 Å². The van der Waals surface area contributed by atoms with Crippen molar-refractivity contribution in [2.24, 2.45) is 0 Å². The molecule has 1 aliphatic carbocycles. The number of nitrogens with zero attached hydrogens (tertiary/aromatic N) is 1. The SMILES string of the molecule is Cc1ccc(N2c3ccccc3C=Cc3ccoc32)c2c1CCCC2. The molecule has 0 radical (unpaired) electrons. The van der Waals surface area contributed by atoms with E-state index in [0.717, 1.165) is 17.9 Å². The molecule has 0 bridgehead atoms. The average molecular weight is 327 g/mol. The highest BCUT2D eigenvalue weighted by Crippen LogP contribution is 2.45. The van der Waals surface area contributed by atoms with Crippen LogP contribution in [0.4, 0.5) is 17.3 Å². The zero-order valence-electron chi connectivity index (χ0n) is 14.5. The molecule has 2 nitrogen and oxygen atoms in total. The molecule has 2 heterocycles. The molecule has 0 unspecified atom stereocenters. The smallest absolute Gasteiger partial charge is 0.211 e. The van der Waals surface area contributed by atoms with Gasteiger partial charge in [0.05, 0.1) is 17.6 Å². The maximum Gasteiger partial charge on any atom is 0.211 e. The van der Waals surface area contributed by atoms with Crippen LogP contribution in [0.1, 0.15) is 40.7 Å². The molecule has 2 heteroatoms. The lowest BCUT2D eigenvalue weighted by Gasteiger charge is -2.30. The lowest BCUT2D eigenvalue weighted by Crippen LogP contribution is -2.16. The van der Waals surface area contributed by atoms with Crippen LogP contribution >= 0.6 is 0 Å². The van der Waals surface area contributed by atoms with E-state index in [1.54, 1.807) is 6.26 Å². The largest absolute Gasteiger partial charge is 0.447 e. The zero-order chi connectivity index (χ0) is 16.8. The van der Waals surface area contributed by atoms with Gasteiger partial charge in [0.1, 0.15) is 0 Å². The number of hydrogen-bond donors (Lipinski definition) is 0. The van der Waals surface area contributed by atoms with Gasteiger partial charge in [-0.1, -0.05) is 30.3 Å². The topological polar surface area (TPSA) is 16.4 Å². The van der Waals surface area contributed by atoms with Crippen LogP contribution in [0.5, 0.6) is 0 Å². The molecule has 2 aliphatic rings. The molecule has 1 aromatic heterocycles. The minimum absolute atomic E-state index is 0.915. The molecule has 5 rings (SSSR count). The average Bonchev–Trinajstić information content (AvgIpc) is 3.06. The van der Waals surface area contributed by atoms with E-state index in [2.05, 4.69) is 60.4 Å². The van der Waals surface area contributed by atoms with E-state index >= 15 is 0 Å². The molecule has 0 saturated carbocycles. The number of benzene rings is 2. The number of furan rings is 1. The Hall–Kier alpha value is -2.74. The quantitative estimate of drug-likeness (QED) is 0.401. The Morgan fingerprint density at radius 1 is 0.800 bits per heavy atom.